The molecular formula is C14H10N2O. The molecule has 0 spiro atoms. The van der Waals surface area contributed by atoms with Gasteiger partial charge in [-0.05, 0) is 17.5 Å². The summed E-state index contributed by atoms with van der Waals surface area (Å²) in [5, 5.41) is 2.05. The second kappa shape index (κ2) is 3.87. The van der Waals surface area contributed by atoms with Gasteiger partial charge in [0.25, 0.3) is 5.56 Å². The first-order chi connectivity index (χ1) is 8.36. The lowest BCUT2D eigenvalue weighted by Gasteiger charge is -2.07. The van der Waals surface area contributed by atoms with Crippen molar-refractivity contribution in [3.05, 3.63) is 71.3 Å². The van der Waals surface area contributed by atoms with E-state index in [2.05, 4.69) is 4.98 Å². The minimum absolute atomic E-state index is 0.0728. The van der Waals surface area contributed by atoms with Crippen LogP contribution in [0.25, 0.3) is 16.6 Å². The van der Waals surface area contributed by atoms with Crippen molar-refractivity contribution in [2.45, 2.75) is 0 Å². The zero-order valence-electron chi connectivity index (χ0n) is 9.08. The number of hydrogen-bond acceptors (Lipinski definition) is 2. The van der Waals surface area contributed by atoms with Crippen molar-refractivity contribution in [3.8, 4) is 5.82 Å². The summed E-state index contributed by atoms with van der Waals surface area (Å²) in [5.41, 5.74) is -0.0728. The Labute approximate surface area is 98.0 Å². The lowest BCUT2D eigenvalue weighted by molar-refractivity contribution is 0.953. The molecular weight excluding hydrogens is 212 g/mol. The van der Waals surface area contributed by atoms with Crippen molar-refractivity contribution < 1.29 is 0 Å². The van der Waals surface area contributed by atoms with Crippen LogP contribution in [0.4, 0.5) is 0 Å². The lowest BCUT2D eigenvalue weighted by atomic mass is 10.1. The highest BCUT2D eigenvalue weighted by atomic mass is 16.1. The molecule has 82 valence electrons. The van der Waals surface area contributed by atoms with Crippen molar-refractivity contribution in [1.82, 2.24) is 9.55 Å². The number of rotatable bonds is 1. The standard InChI is InChI=1S/C14H10N2O/c17-13-7-3-4-10-16(13)14-12-6-2-1-5-11(12)8-9-15-14/h1-10H. The van der Waals surface area contributed by atoms with Crippen molar-refractivity contribution in [3.63, 3.8) is 0 Å². The third kappa shape index (κ3) is 1.61. The van der Waals surface area contributed by atoms with Crippen LogP contribution in [-0.2, 0) is 0 Å². The largest absolute Gasteiger partial charge is 0.269 e. The third-order valence-corrected chi connectivity index (χ3v) is 2.70. The Morgan fingerprint density at radius 3 is 2.65 bits per heavy atom. The maximum absolute atomic E-state index is 11.8. The van der Waals surface area contributed by atoms with Gasteiger partial charge in [0.1, 0.15) is 5.82 Å². The van der Waals surface area contributed by atoms with E-state index < -0.39 is 0 Å². The monoisotopic (exact) mass is 222 g/mol. The maximum atomic E-state index is 11.8. The average molecular weight is 222 g/mol. The van der Waals surface area contributed by atoms with E-state index in [9.17, 15) is 4.79 Å². The molecule has 3 heteroatoms. The van der Waals surface area contributed by atoms with Gasteiger partial charge in [0.05, 0.1) is 0 Å². The smallest absolute Gasteiger partial charge is 0.256 e. The van der Waals surface area contributed by atoms with Crippen LogP contribution in [0.15, 0.2) is 65.7 Å². The minimum Gasteiger partial charge on any atom is -0.269 e. The van der Waals surface area contributed by atoms with Gasteiger partial charge in [0, 0.05) is 23.8 Å². The van der Waals surface area contributed by atoms with Gasteiger partial charge in [-0.3, -0.25) is 9.36 Å². The molecule has 0 aliphatic carbocycles. The molecule has 1 aromatic carbocycles. The van der Waals surface area contributed by atoms with Gasteiger partial charge < -0.3 is 0 Å². The molecule has 0 saturated carbocycles. The van der Waals surface area contributed by atoms with Crippen LogP contribution in [0, 0.1) is 0 Å². The minimum atomic E-state index is -0.0728. The fraction of sp³-hybridized carbons (Fsp3) is 0. The summed E-state index contributed by atoms with van der Waals surface area (Å²) in [4.78, 5) is 16.1. The first-order valence-electron chi connectivity index (χ1n) is 5.38. The van der Waals surface area contributed by atoms with E-state index in [1.54, 1.807) is 23.0 Å². The molecule has 0 radical (unpaired) electrons. The van der Waals surface area contributed by atoms with Gasteiger partial charge in [0.2, 0.25) is 0 Å². The Hall–Kier alpha value is -2.42. The molecule has 0 amide bonds. The highest BCUT2D eigenvalue weighted by Crippen LogP contribution is 2.18. The first kappa shape index (κ1) is 9.78. The van der Waals surface area contributed by atoms with Gasteiger partial charge in [-0.2, -0.15) is 0 Å². The average Bonchev–Trinajstić information content (AvgIpc) is 2.39. The molecule has 0 fully saturated rings. The second-order valence-corrected chi connectivity index (χ2v) is 3.76. The maximum Gasteiger partial charge on any atom is 0.256 e. The summed E-state index contributed by atoms with van der Waals surface area (Å²) in [6, 6.07) is 14.9. The van der Waals surface area contributed by atoms with E-state index >= 15 is 0 Å². The molecule has 0 saturated heterocycles. The molecule has 0 aliphatic heterocycles. The third-order valence-electron chi connectivity index (χ3n) is 2.70. The Balaban J connectivity index is 2.39. The number of aromatic nitrogens is 2. The number of pyridine rings is 2. The SMILES string of the molecule is O=c1ccccn1-c1nccc2ccccc12. The summed E-state index contributed by atoms with van der Waals surface area (Å²) in [7, 11) is 0. The Morgan fingerprint density at radius 2 is 1.76 bits per heavy atom. The van der Waals surface area contributed by atoms with Gasteiger partial charge in [-0.15, -0.1) is 0 Å². The van der Waals surface area contributed by atoms with E-state index in [1.807, 2.05) is 36.4 Å². The highest BCUT2D eigenvalue weighted by molar-refractivity contribution is 5.88. The molecule has 3 nitrogen and oxygen atoms in total. The zero-order chi connectivity index (χ0) is 11.7. The summed E-state index contributed by atoms with van der Waals surface area (Å²) < 4.78 is 1.56. The molecule has 2 heterocycles. The van der Waals surface area contributed by atoms with E-state index in [0.717, 1.165) is 10.8 Å². The summed E-state index contributed by atoms with van der Waals surface area (Å²) in [6.45, 7) is 0. The normalized spacial score (nSPS) is 10.6. The van der Waals surface area contributed by atoms with E-state index in [-0.39, 0.29) is 5.56 Å². The van der Waals surface area contributed by atoms with Gasteiger partial charge in [0.15, 0.2) is 0 Å². The Kier molecular flexibility index (Phi) is 2.22. The topological polar surface area (TPSA) is 34.9 Å². The van der Waals surface area contributed by atoms with Gasteiger partial charge in [-0.1, -0.05) is 30.3 Å². The molecule has 0 atom stereocenters. The van der Waals surface area contributed by atoms with Crippen LogP contribution >= 0.6 is 0 Å². The van der Waals surface area contributed by atoms with Crippen LogP contribution in [0.5, 0.6) is 0 Å². The van der Waals surface area contributed by atoms with Crippen LogP contribution < -0.4 is 5.56 Å². The zero-order valence-corrected chi connectivity index (χ0v) is 9.08. The highest BCUT2D eigenvalue weighted by Gasteiger charge is 2.04. The Morgan fingerprint density at radius 1 is 0.941 bits per heavy atom. The van der Waals surface area contributed by atoms with Crippen molar-refractivity contribution in [1.29, 1.82) is 0 Å². The fourth-order valence-electron chi connectivity index (χ4n) is 1.90. The molecule has 0 aliphatic rings. The van der Waals surface area contributed by atoms with E-state index in [0.29, 0.717) is 5.82 Å². The predicted molar refractivity (Wildman–Crippen MR) is 67.3 cm³/mol. The molecule has 17 heavy (non-hydrogen) atoms. The molecule has 3 rings (SSSR count). The molecule has 0 N–H and O–H groups in total. The predicted octanol–water partition coefficient (Wildman–Crippen LogP) is 2.39. The summed E-state index contributed by atoms with van der Waals surface area (Å²) >= 11 is 0. The quantitative estimate of drug-likeness (QED) is 0.633. The first-order valence-corrected chi connectivity index (χ1v) is 5.38. The van der Waals surface area contributed by atoms with Crippen LogP contribution in [0.3, 0.4) is 0 Å². The summed E-state index contributed by atoms with van der Waals surface area (Å²) in [6.07, 6.45) is 3.45. The number of fused-ring (bicyclic) bond motifs is 1. The molecule has 3 aromatic rings. The van der Waals surface area contributed by atoms with Crippen molar-refractivity contribution in [2.75, 3.05) is 0 Å². The fourth-order valence-corrected chi connectivity index (χ4v) is 1.90. The number of hydrogen-bond donors (Lipinski definition) is 0. The van der Waals surface area contributed by atoms with Crippen LogP contribution in [-0.4, -0.2) is 9.55 Å². The summed E-state index contributed by atoms with van der Waals surface area (Å²) in [5.74, 6) is 0.675. The van der Waals surface area contributed by atoms with Crippen LogP contribution in [0.2, 0.25) is 0 Å². The van der Waals surface area contributed by atoms with Crippen molar-refractivity contribution in [2.24, 2.45) is 0 Å². The Bertz CT molecular complexity index is 726. The van der Waals surface area contributed by atoms with Crippen molar-refractivity contribution >= 4 is 10.8 Å². The number of nitrogens with zero attached hydrogens (tertiary/aromatic N) is 2. The number of benzene rings is 1. The van der Waals surface area contributed by atoms with Gasteiger partial charge >= 0.3 is 0 Å². The van der Waals surface area contributed by atoms with E-state index in [1.165, 1.54) is 6.07 Å². The van der Waals surface area contributed by atoms with E-state index in [4.69, 9.17) is 0 Å². The molecule has 0 unspecified atom stereocenters. The van der Waals surface area contributed by atoms with Crippen LogP contribution in [0.1, 0.15) is 0 Å². The van der Waals surface area contributed by atoms with Gasteiger partial charge in [-0.25, -0.2) is 4.98 Å². The lowest BCUT2D eigenvalue weighted by Crippen LogP contribution is -2.16. The molecule has 0 bridgehead atoms. The second-order valence-electron chi connectivity index (χ2n) is 3.76. The molecule has 2 aromatic heterocycles.